The van der Waals surface area contributed by atoms with Crippen molar-refractivity contribution >= 4 is 12.0 Å². The molecular formula is C14H26N2O4. The third-order valence-corrected chi connectivity index (χ3v) is 4.96. The molecule has 0 atom stereocenters. The summed E-state index contributed by atoms with van der Waals surface area (Å²) in [7, 11) is 1.52. The molecule has 0 spiro atoms. The molecule has 0 aliphatic heterocycles. The van der Waals surface area contributed by atoms with Crippen molar-refractivity contribution in [3.05, 3.63) is 0 Å². The van der Waals surface area contributed by atoms with Crippen molar-refractivity contribution in [3.8, 4) is 0 Å². The van der Waals surface area contributed by atoms with E-state index in [0.717, 1.165) is 0 Å². The normalized spacial score (nSPS) is 19.4. The molecule has 116 valence electrons. The first-order valence-corrected chi connectivity index (χ1v) is 6.88. The second-order valence-corrected chi connectivity index (χ2v) is 6.49. The maximum atomic E-state index is 12.0. The third kappa shape index (κ3) is 3.42. The Labute approximate surface area is 120 Å². The predicted molar refractivity (Wildman–Crippen MR) is 75.5 cm³/mol. The fraction of sp³-hybridized carbons (Fsp3) is 0.857. The van der Waals surface area contributed by atoms with Crippen LogP contribution in [0.4, 0.5) is 4.79 Å². The molecule has 20 heavy (non-hydrogen) atoms. The highest BCUT2D eigenvalue weighted by Crippen LogP contribution is 2.67. The Kier molecular flexibility index (Phi) is 5.02. The van der Waals surface area contributed by atoms with Gasteiger partial charge in [0.25, 0.3) is 0 Å². The Hall–Kier alpha value is -1.30. The van der Waals surface area contributed by atoms with Crippen LogP contribution in [0.25, 0.3) is 0 Å². The molecule has 1 rings (SSSR count). The van der Waals surface area contributed by atoms with Crippen LogP contribution in [0.2, 0.25) is 0 Å². The SMILES string of the molecule is COCCN(CC(=O)O)C(=O)NCC1C(C)(C)C1(C)C. The Balaban J connectivity index is 2.48. The number of hydrogen-bond acceptors (Lipinski definition) is 3. The standard InChI is InChI=1S/C14H26N2O4/c1-13(2)10(14(13,3)4)8-15-12(19)16(6-7-20-5)9-11(17)18/h10H,6-9H2,1-5H3,(H,15,19)(H,17,18). The summed E-state index contributed by atoms with van der Waals surface area (Å²) < 4.78 is 4.89. The van der Waals surface area contributed by atoms with Crippen molar-refractivity contribution in [1.82, 2.24) is 10.2 Å². The van der Waals surface area contributed by atoms with Crippen LogP contribution in [0.1, 0.15) is 27.7 Å². The molecule has 1 fully saturated rings. The summed E-state index contributed by atoms with van der Waals surface area (Å²) in [5, 5.41) is 11.7. The molecule has 0 bridgehead atoms. The molecule has 0 radical (unpaired) electrons. The number of carboxylic acid groups (broad SMARTS) is 1. The molecule has 1 aliphatic carbocycles. The van der Waals surface area contributed by atoms with Gasteiger partial charge in [0, 0.05) is 20.2 Å². The van der Waals surface area contributed by atoms with Crippen molar-refractivity contribution < 1.29 is 19.4 Å². The third-order valence-electron chi connectivity index (χ3n) is 4.96. The number of urea groups is 1. The quantitative estimate of drug-likeness (QED) is 0.741. The van der Waals surface area contributed by atoms with E-state index in [-0.39, 0.29) is 30.0 Å². The summed E-state index contributed by atoms with van der Waals surface area (Å²) in [6.45, 7) is 9.59. The fourth-order valence-electron chi connectivity index (χ4n) is 2.76. The number of aliphatic carboxylic acids is 1. The van der Waals surface area contributed by atoms with Crippen molar-refractivity contribution in [3.63, 3.8) is 0 Å². The zero-order valence-corrected chi connectivity index (χ0v) is 13.0. The molecule has 0 aromatic heterocycles. The van der Waals surface area contributed by atoms with E-state index in [0.29, 0.717) is 19.1 Å². The fourth-order valence-corrected chi connectivity index (χ4v) is 2.76. The van der Waals surface area contributed by atoms with E-state index in [4.69, 9.17) is 9.84 Å². The molecule has 0 aromatic rings. The van der Waals surface area contributed by atoms with Crippen LogP contribution in [-0.4, -0.2) is 55.4 Å². The van der Waals surface area contributed by atoms with E-state index in [2.05, 4.69) is 33.0 Å². The lowest BCUT2D eigenvalue weighted by atomic mass is 10.0. The van der Waals surface area contributed by atoms with Crippen molar-refractivity contribution in [2.45, 2.75) is 27.7 Å². The van der Waals surface area contributed by atoms with E-state index < -0.39 is 5.97 Å². The van der Waals surface area contributed by atoms with Crippen LogP contribution in [0.3, 0.4) is 0 Å². The minimum absolute atomic E-state index is 0.199. The minimum atomic E-state index is -1.02. The van der Waals surface area contributed by atoms with E-state index in [1.165, 1.54) is 12.0 Å². The van der Waals surface area contributed by atoms with Gasteiger partial charge in [-0.15, -0.1) is 0 Å². The van der Waals surface area contributed by atoms with E-state index in [1.807, 2.05) is 0 Å². The van der Waals surface area contributed by atoms with Gasteiger partial charge in [-0.2, -0.15) is 0 Å². The van der Waals surface area contributed by atoms with Gasteiger partial charge in [0.15, 0.2) is 0 Å². The maximum Gasteiger partial charge on any atom is 0.323 e. The van der Waals surface area contributed by atoms with Gasteiger partial charge < -0.3 is 20.1 Å². The number of nitrogens with zero attached hydrogens (tertiary/aromatic N) is 1. The molecular weight excluding hydrogens is 260 g/mol. The molecule has 1 aliphatic rings. The van der Waals surface area contributed by atoms with Gasteiger partial charge in [-0.05, 0) is 16.7 Å². The van der Waals surface area contributed by atoms with Crippen LogP contribution < -0.4 is 5.32 Å². The highest BCUT2D eigenvalue weighted by molar-refractivity contribution is 5.80. The second kappa shape index (κ2) is 5.99. The minimum Gasteiger partial charge on any atom is -0.480 e. The average Bonchev–Trinajstić information content (AvgIpc) is 2.71. The molecule has 0 unspecified atom stereocenters. The zero-order chi connectivity index (χ0) is 15.6. The van der Waals surface area contributed by atoms with Crippen molar-refractivity contribution in [2.75, 3.05) is 33.4 Å². The van der Waals surface area contributed by atoms with E-state index in [1.54, 1.807) is 0 Å². The lowest BCUT2D eigenvalue weighted by Gasteiger charge is -2.21. The summed E-state index contributed by atoms with van der Waals surface area (Å²) in [4.78, 5) is 24.1. The molecule has 1 saturated carbocycles. The summed E-state index contributed by atoms with van der Waals surface area (Å²) in [6.07, 6.45) is 0. The number of ether oxygens (including phenoxy) is 1. The Bertz CT molecular complexity index is 365. The average molecular weight is 286 g/mol. The molecule has 2 N–H and O–H groups in total. The molecule has 2 amide bonds. The van der Waals surface area contributed by atoms with Gasteiger partial charge in [0.2, 0.25) is 0 Å². The molecule has 0 aromatic carbocycles. The van der Waals surface area contributed by atoms with E-state index >= 15 is 0 Å². The summed E-state index contributed by atoms with van der Waals surface area (Å²) in [5.41, 5.74) is 0.398. The lowest BCUT2D eigenvalue weighted by Crippen LogP contribution is -2.45. The largest absolute Gasteiger partial charge is 0.480 e. The van der Waals surface area contributed by atoms with Gasteiger partial charge in [0.05, 0.1) is 6.61 Å². The summed E-state index contributed by atoms with van der Waals surface area (Å²) in [5.74, 6) is -0.614. The molecule has 0 saturated heterocycles. The number of carbonyl (C=O) groups excluding carboxylic acids is 1. The topological polar surface area (TPSA) is 78.9 Å². The van der Waals surface area contributed by atoms with Crippen LogP contribution in [0, 0.1) is 16.7 Å². The summed E-state index contributed by atoms with van der Waals surface area (Å²) >= 11 is 0. The highest BCUT2D eigenvalue weighted by atomic mass is 16.5. The van der Waals surface area contributed by atoms with Gasteiger partial charge in [0.1, 0.15) is 6.54 Å². The van der Waals surface area contributed by atoms with Gasteiger partial charge >= 0.3 is 12.0 Å². The zero-order valence-electron chi connectivity index (χ0n) is 13.0. The number of amides is 2. The number of rotatable bonds is 7. The first-order chi connectivity index (χ1) is 9.14. The number of nitrogens with one attached hydrogen (secondary N) is 1. The monoisotopic (exact) mass is 286 g/mol. The molecule has 6 heteroatoms. The van der Waals surface area contributed by atoms with Crippen molar-refractivity contribution in [2.24, 2.45) is 16.7 Å². The first-order valence-electron chi connectivity index (χ1n) is 6.88. The van der Waals surface area contributed by atoms with Gasteiger partial charge in [-0.25, -0.2) is 4.79 Å². The highest BCUT2D eigenvalue weighted by Gasteiger charge is 2.64. The Morgan fingerprint density at radius 1 is 1.25 bits per heavy atom. The molecule has 6 nitrogen and oxygen atoms in total. The number of methoxy groups -OCH3 is 1. The van der Waals surface area contributed by atoms with Gasteiger partial charge in [-0.1, -0.05) is 27.7 Å². The van der Waals surface area contributed by atoms with Gasteiger partial charge in [-0.3, -0.25) is 4.79 Å². The number of hydrogen-bond donors (Lipinski definition) is 2. The van der Waals surface area contributed by atoms with Crippen LogP contribution in [0.5, 0.6) is 0 Å². The summed E-state index contributed by atoms with van der Waals surface area (Å²) in [6, 6.07) is -0.344. The van der Waals surface area contributed by atoms with Crippen molar-refractivity contribution in [1.29, 1.82) is 0 Å². The van der Waals surface area contributed by atoms with Crippen LogP contribution in [0.15, 0.2) is 0 Å². The lowest BCUT2D eigenvalue weighted by molar-refractivity contribution is -0.137. The van der Waals surface area contributed by atoms with Crippen LogP contribution >= 0.6 is 0 Å². The smallest absolute Gasteiger partial charge is 0.323 e. The second-order valence-electron chi connectivity index (χ2n) is 6.49. The maximum absolute atomic E-state index is 12.0. The van der Waals surface area contributed by atoms with Crippen LogP contribution in [-0.2, 0) is 9.53 Å². The number of carboxylic acids is 1. The first kappa shape index (κ1) is 16.8. The molecule has 0 heterocycles. The van der Waals surface area contributed by atoms with E-state index in [9.17, 15) is 9.59 Å². The predicted octanol–water partition coefficient (Wildman–Crippen LogP) is 1.41. The Morgan fingerprint density at radius 3 is 2.20 bits per heavy atom. The number of carbonyl (C=O) groups is 2. The Morgan fingerprint density at radius 2 is 1.80 bits per heavy atom.